The van der Waals surface area contributed by atoms with E-state index in [0.717, 1.165) is 11.8 Å². The Kier molecular flexibility index (Phi) is 4.07. The lowest BCUT2D eigenvalue weighted by atomic mass is 9.78. The minimum Gasteiger partial charge on any atom is -0.381 e. The first-order chi connectivity index (χ1) is 5.77. The van der Waals surface area contributed by atoms with Crippen molar-refractivity contribution in [3.05, 3.63) is 0 Å². The van der Waals surface area contributed by atoms with Gasteiger partial charge in [0.15, 0.2) is 0 Å². The molecule has 0 heterocycles. The predicted octanol–water partition coefficient (Wildman–Crippen LogP) is 3.24. The monoisotopic (exact) mass is 170 g/mol. The predicted molar refractivity (Wildman–Crippen MR) is 52.2 cm³/mol. The number of ether oxygens (including phenoxy) is 1. The molecule has 12 heavy (non-hydrogen) atoms. The summed E-state index contributed by atoms with van der Waals surface area (Å²) in [5.74, 6) is 1.76. The lowest BCUT2D eigenvalue weighted by molar-refractivity contribution is 0.00706. The Morgan fingerprint density at radius 2 is 2.08 bits per heavy atom. The largest absolute Gasteiger partial charge is 0.381 e. The second-order valence-corrected chi connectivity index (χ2v) is 4.24. The van der Waals surface area contributed by atoms with Crippen molar-refractivity contribution in [2.75, 3.05) is 7.11 Å². The molecule has 0 amide bonds. The zero-order chi connectivity index (χ0) is 8.97. The van der Waals surface area contributed by atoms with Crippen LogP contribution < -0.4 is 0 Å². The lowest BCUT2D eigenvalue weighted by Gasteiger charge is -2.33. The van der Waals surface area contributed by atoms with Gasteiger partial charge in [-0.3, -0.25) is 0 Å². The maximum atomic E-state index is 5.50. The Morgan fingerprint density at radius 1 is 1.33 bits per heavy atom. The van der Waals surface area contributed by atoms with Crippen molar-refractivity contribution in [3.8, 4) is 0 Å². The molecule has 0 aromatic rings. The summed E-state index contributed by atoms with van der Waals surface area (Å²) in [5.41, 5.74) is 0. The quantitative estimate of drug-likeness (QED) is 0.632. The van der Waals surface area contributed by atoms with Gasteiger partial charge in [-0.1, -0.05) is 20.3 Å². The van der Waals surface area contributed by atoms with Crippen LogP contribution in [0.4, 0.5) is 0 Å². The van der Waals surface area contributed by atoms with Gasteiger partial charge in [-0.2, -0.15) is 0 Å². The number of rotatable bonds is 3. The van der Waals surface area contributed by atoms with Gasteiger partial charge in [-0.15, -0.1) is 0 Å². The SMILES string of the molecule is CCCC1CC(C)CCC1OC. The molecule has 1 aliphatic carbocycles. The Bertz CT molecular complexity index is 122. The summed E-state index contributed by atoms with van der Waals surface area (Å²) in [7, 11) is 1.86. The summed E-state index contributed by atoms with van der Waals surface area (Å²) in [6, 6.07) is 0. The van der Waals surface area contributed by atoms with Crippen molar-refractivity contribution in [2.45, 2.75) is 52.1 Å². The molecular weight excluding hydrogens is 148 g/mol. The van der Waals surface area contributed by atoms with Gasteiger partial charge in [-0.05, 0) is 37.5 Å². The molecule has 1 saturated carbocycles. The third-order valence-electron chi connectivity index (χ3n) is 3.14. The molecular formula is C11H22O. The maximum Gasteiger partial charge on any atom is 0.0599 e. The average Bonchev–Trinajstić information content (AvgIpc) is 2.05. The second kappa shape index (κ2) is 4.86. The van der Waals surface area contributed by atoms with E-state index in [1.807, 2.05) is 7.11 Å². The van der Waals surface area contributed by atoms with Crippen LogP contribution in [-0.2, 0) is 4.74 Å². The van der Waals surface area contributed by atoms with Gasteiger partial charge in [0.05, 0.1) is 6.10 Å². The number of hydrogen-bond donors (Lipinski definition) is 0. The van der Waals surface area contributed by atoms with Crippen molar-refractivity contribution in [2.24, 2.45) is 11.8 Å². The van der Waals surface area contributed by atoms with Crippen LogP contribution in [0, 0.1) is 11.8 Å². The third kappa shape index (κ3) is 2.48. The van der Waals surface area contributed by atoms with Crippen molar-refractivity contribution in [3.63, 3.8) is 0 Å². The molecule has 0 spiro atoms. The van der Waals surface area contributed by atoms with E-state index in [4.69, 9.17) is 4.74 Å². The highest BCUT2D eigenvalue weighted by Gasteiger charge is 2.27. The van der Waals surface area contributed by atoms with Crippen LogP contribution in [0.25, 0.3) is 0 Å². The molecule has 0 radical (unpaired) electrons. The summed E-state index contributed by atoms with van der Waals surface area (Å²) in [6.07, 6.45) is 7.23. The van der Waals surface area contributed by atoms with E-state index < -0.39 is 0 Å². The molecule has 3 unspecified atom stereocenters. The fourth-order valence-electron chi connectivity index (χ4n) is 2.46. The molecule has 0 N–H and O–H groups in total. The summed E-state index contributed by atoms with van der Waals surface area (Å²) >= 11 is 0. The molecule has 1 heteroatoms. The van der Waals surface area contributed by atoms with Gasteiger partial charge < -0.3 is 4.74 Å². The Labute approximate surface area is 76.5 Å². The Hall–Kier alpha value is -0.0400. The molecule has 0 aromatic carbocycles. The summed E-state index contributed by atoms with van der Waals surface area (Å²) in [4.78, 5) is 0. The van der Waals surface area contributed by atoms with Crippen LogP contribution in [0.1, 0.15) is 46.0 Å². The van der Waals surface area contributed by atoms with Crippen LogP contribution in [0.2, 0.25) is 0 Å². The molecule has 1 aliphatic rings. The van der Waals surface area contributed by atoms with Crippen LogP contribution in [0.15, 0.2) is 0 Å². The van der Waals surface area contributed by atoms with Gasteiger partial charge in [0.25, 0.3) is 0 Å². The fraction of sp³-hybridized carbons (Fsp3) is 1.00. The van der Waals surface area contributed by atoms with E-state index in [-0.39, 0.29) is 0 Å². The Balaban J connectivity index is 2.40. The van der Waals surface area contributed by atoms with E-state index in [2.05, 4.69) is 13.8 Å². The number of hydrogen-bond acceptors (Lipinski definition) is 1. The molecule has 1 rings (SSSR count). The Morgan fingerprint density at radius 3 is 2.67 bits per heavy atom. The van der Waals surface area contributed by atoms with Crippen LogP contribution >= 0.6 is 0 Å². The molecule has 0 aromatic heterocycles. The molecule has 72 valence electrons. The van der Waals surface area contributed by atoms with Crippen molar-refractivity contribution in [1.29, 1.82) is 0 Å². The highest BCUT2D eigenvalue weighted by molar-refractivity contribution is 4.78. The minimum absolute atomic E-state index is 0.557. The third-order valence-corrected chi connectivity index (χ3v) is 3.14. The van der Waals surface area contributed by atoms with Crippen molar-refractivity contribution in [1.82, 2.24) is 0 Å². The van der Waals surface area contributed by atoms with Crippen molar-refractivity contribution >= 4 is 0 Å². The smallest absolute Gasteiger partial charge is 0.0599 e. The van der Waals surface area contributed by atoms with E-state index in [9.17, 15) is 0 Å². The van der Waals surface area contributed by atoms with Gasteiger partial charge in [0.1, 0.15) is 0 Å². The first-order valence-electron chi connectivity index (χ1n) is 5.30. The molecule has 0 aliphatic heterocycles. The van der Waals surface area contributed by atoms with Crippen LogP contribution in [0.3, 0.4) is 0 Å². The molecule has 1 nitrogen and oxygen atoms in total. The van der Waals surface area contributed by atoms with Crippen LogP contribution in [-0.4, -0.2) is 13.2 Å². The van der Waals surface area contributed by atoms with Crippen LogP contribution in [0.5, 0.6) is 0 Å². The molecule has 1 fully saturated rings. The van der Waals surface area contributed by atoms with Gasteiger partial charge in [0, 0.05) is 7.11 Å². The van der Waals surface area contributed by atoms with Gasteiger partial charge in [-0.25, -0.2) is 0 Å². The lowest BCUT2D eigenvalue weighted by Crippen LogP contribution is -2.29. The summed E-state index contributed by atoms with van der Waals surface area (Å²) in [6.45, 7) is 4.64. The first-order valence-corrected chi connectivity index (χ1v) is 5.30. The normalized spacial score (nSPS) is 36.8. The maximum absolute atomic E-state index is 5.50. The van der Waals surface area contributed by atoms with E-state index in [0.29, 0.717) is 6.10 Å². The van der Waals surface area contributed by atoms with Crippen molar-refractivity contribution < 1.29 is 4.74 Å². The molecule has 3 atom stereocenters. The topological polar surface area (TPSA) is 9.23 Å². The summed E-state index contributed by atoms with van der Waals surface area (Å²) < 4.78 is 5.50. The minimum atomic E-state index is 0.557. The van der Waals surface area contributed by atoms with E-state index in [1.54, 1.807) is 0 Å². The highest BCUT2D eigenvalue weighted by atomic mass is 16.5. The van der Waals surface area contributed by atoms with Gasteiger partial charge in [0.2, 0.25) is 0 Å². The fourth-order valence-corrected chi connectivity index (χ4v) is 2.46. The highest BCUT2D eigenvalue weighted by Crippen LogP contribution is 2.33. The molecule has 0 bridgehead atoms. The number of methoxy groups -OCH3 is 1. The standard InChI is InChI=1S/C11H22O/c1-4-5-10-8-9(2)6-7-11(10)12-3/h9-11H,4-8H2,1-3H3. The second-order valence-electron chi connectivity index (χ2n) is 4.24. The molecule has 0 saturated heterocycles. The zero-order valence-corrected chi connectivity index (χ0v) is 8.68. The average molecular weight is 170 g/mol. The summed E-state index contributed by atoms with van der Waals surface area (Å²) in [5, 5.41) is 0. The first kappa shape index (κ1) is 10.0. The van der Waals surface area contributed by atoms with E-state index >= 15 is 0 Å². The zero-order valence-electron chi connectivity index (χ0n) is 8.68. The van der Waals surface area contributed by atoms with E-state index in [1.165, 1.54) is 32.1 Å². The van der Waals surface area contributed by atoms with Gasteiger partial charge >= 0.3 is 0 Å².